The minimum absolute atomic E-state index is 0.0509. The fraction of sp³-hybridized carbons (Fsp3) is 0.538. The molecule has 2 heterocycles. The van der Waals surface area contributed by atoms with Gasteiger partial charge in [-0.05, 0) is 72.1 Å². The highest BCUT2D eigenvalue weighted by atomic mass is 19.1. The SMILES string of the molecule is CCN(C(=O)c1cc(F)ccc1Oc1cncnc1N1CC[C@@H](CNC(=O)OC(C)(C)C)C1)C(C)C. The molecule has 2 amide bonds. The van der Waals surface area contributed by atoms with Crippen molar-refractivity contribution in [3.63, 3.8) is 0 Å². The van der Waals surface area contributed by atoms with Crippen LogP contribution in [-0.2, 0) is 4.74 Å². The van der Waals surface area contributed by atoms with Gasteiger partial charge < -0.3 is 24.6 Å². The number of rotatable bonds is 8. The maximum Gasteiger partial charge on any atom is 0.407 e. The Balaban J connectivity index is 1.75. The van der Waals surface area contributed by atoms with E-state index in [1.165, 1.54) is 30.7 Å². The summed E-state index contributed by atoms with van der Waals surface area (Å²) in [6.07, 6.45) is 3.37. The molecule has 0 aliphatic carbocycles. The van der Waals surface area contributed by atoms with Crippen molar-refractivity contribution < 1.29 is 23.5 Å². The summed E-state index contributed by atoms with van der Waals surface area (Å²) < 4.78 is 25.5. The lowest BCUT2D eigenvalue weighted by atomic mass is 10.1. The first-order chi connectivity index (χ1) is 17.0. The average molecular weight is 502 g/mol. The predicted octanol–water partition coefficient (Wildman–Crippen LogP) is 4.63. The molecule has 1 aromatic heterocycles. The Hall–Kier alpha value is -3.43. The number of alkyl carbamates (subject to hydrolysis) is 1. The number of benzene rings is 1. The monoisotopic (exact) mass is 501 g/mol. The van der Waals surface area contributed by atoms with Crippen molar-refractivity contribution in [1.29, 1.82) is 0 Å². The third kappa shape index (κ3) is 7.05. The van der Waals surface area contributed by atoms with E-state index < -0.39 is 17.5 Å². The van der Waals surface area contributed by atoms with Crippen molar-refractivity contribution in [2.75, 3.05) is 31.1 Å². The quantitative estimate of drug-likeness (QED) is 0.563. The zero-order valence-electron chi connectivity index (χ0n) is 21.9. The molecule has 0 unspecified atom stereocenters. The molecule has 36 heavy (non-hydrogen) atoms. The number of nitrogens with zero attached hydrogens (tertiary/aromatic N) is 4. The molecule has 9 nitrogen and oxygen atoms in total. The van der Waals surface area contributed by atoms with Gasteiger partial charge in [0.1, 0.15) is 23.5 Å². The molecule has 10 heteroatoms. The fourth-order valence-electron chi connectivity index (χ4n) is 4.13. The molecule has 0 saturated carbocycles. The zero-order valence-corrected chi connectivity index (χ0v) is 21.9. The second-order valence-corrected chi connectivity index (χ2v) is 10.1. The van der Waals surface area contributed by atoms with Crippen LogP contribution in [0, 0.1) is 11.7 Å². The summed E-state index contributed by atoms with van der Waals surface area (Å²) in [5.74, 6) is 0.548. The topological polar surface area (TPSA) is 96.9 Å². The largest absolute Gasteiger partial charge is 0.451 e. The average Bonchev–Trinajstić information content (AvgIpc) is 3.27. The molecule has 1 N–H and O–H groups in total. The van der Waals surface area contributed by atoms with Gasteiger partial charge in [-0.15, -0.1) is 0 Å². The maximum absolute atomic E-state index is 14.1. The molecule has 0 radical (unpaired) electrons. The van der Waals surface area contributed by atoms with Gasteiger partial charge in [-0.3, -0.25) is 4.79 Å². The van der Waals surface area contributed by atoms with Crippen LogP contribution in [0.3, 0.4) is 0 Å². The number of anilines is 1. The number of ether oxygens (including phenoxy) is 2. The number of aromatic nitrogens is 2. The number of carbonyl (C=O) groups is 2. The fourth-order valence-corrected chi connectivity index (χ4v) is 4.13. The second kappa shape index (κ2) is 11.5. The van der Waals surface area contributed by atoms with Crippen LogP contribution >= 0.6 is 0 Å². The standard InChI is InChI=1S/C26H36FN5O4/c1-7-32(17(2)3)24(33)20-12-19(27)8-9-21(20)35-22-14-28-16-30-23(22)31-11-10-18(15-31)13-29-25(34)36-26(4,5)6/h8-9,12,14,16-18H,7,10-11,13,15H2,1-6H3,(H,29,34)/t18-/m0/s1. The molecule has 1 saturated heterocycles. The van der Waals surface area contributed by atoms with E-state index in [0.717, 1.165) is 6.42 Å². The normalized spacial score (nSPS) is 15.7. The van der Waals surface area contributed by atoms with Crippen LogP contribution in [-0.4, -0.2) is 64.7 Å². The number of carbonyl (C=O) groups excluding carboxylic acids is 2. The molecule has 0 bridgehead atoms. The predicted molar refractivity (Wildman–Crippen MR) is 135 cm³/mol. The highest BCUT2D eigenvalue weighted by Gasteiger charge is 2.28. The lowest BCUT2D eigenvalue weighted by Crippen LogP contribution is -2.36. The van der Waals surface area contributed by atoms with Gasteiger partial charge in [0.25, 0.3) is 5.91 Å². The Labute approximate surface area is 212 Å². The Bertz CT molecular complexity index is 1070. The molecule has 1 fully saturated rings. The Kier molecular flexibility index (Phi) is 8.70. The summed E-state index contributed by atoms with van der Waals surface area (Å²) in [5, 5.41) is 2.83. The van der Waals surface area contributed by atoms with Gasteiger partial charge in [0, 0.05) is 32.2 Å². The Morgan fingerprint density at radius 3 is 2.69 bits per heavy atom. The maximum atomic E-state index is 14.1. The second-order valence-electron chi connectivity index (χ2n) is 10.1. The summed E-state index contributed by atoms with van der Waals surface area (Å²) in [6.45, 7) is 13.5. The molecule has 1 aliphatic rings. The van der Waals surface area contributed by atoms with E-state index in [9.17, 15) is 14.0 Å². The third-order valence-electron chi connectivity index (χ3n) is 5.80. The summed E-state index contributed by atoms with van der Waals surface area (Å²) in [7, 11) is 0. The van der Waals surface area contributed by atoms with Crippen LogP contribution < -0.4 is 15.0 Å². The van der Waals surface area contributed by atoms with Crippen molar-refractivity contribution in [2.45, 2.75) is 59.6 Å². The van der Waals surface area contributed by atoms with Gasteiger partial charge in [-0.2, -0.15) is 0 Å². The highest BCUT2D eigenvalue weighted by Crippen LogP contribution is 2.34. The van der Waals surface area contributed by atoms with Crippen LogP contribution in [0.4, 0.5) is 15.0 Å². The van der Waals surface area contributed by atoms with Gasteiger partial charge in [0.2, 0.25) is 0 Å². The zero-order chi connectivity index (χ0) is 26.5. The van der Waals surface area contributed by atoms with Gasteiger partial charge in [-0.1, -0.05) is 0 Å². The van der Waals surface area contributed by atoms with Gasteiger partial charge in [0.15, 0.2) is 11.6 Å². The lowest BCUT2D eigenvalue weighted by molar-refractivity contribution is 0.0520. The van der Waals surface area contributed by atoms with Crippen molar-refractivity contribution in [2.24, 2.45) is 5.92 Å². The van der Waals surface area contributed by atoms with E-state index >= 15 is 0 Å². The molecule has 3 rings (SSSR count). The molecule has 1 aromatic carbocycles. The number of halogens is 1. The number of amides is 2. The number of hydrogen-bond acceptors (Lipinski definition) is 7. The third-order valence-corrected chi connectivity index (χ3v) is 5.80. The molecular formula is C26H36FN5O4. The minimum atomic E-state index is -0.553. The molecule has 196 valence electrons. The summed E-state index contributed by atoms with van der Waals surface area (Å²) in [4.78, 5) is 37.4. The van der Waals surface area contributed by atoms with E-state index in [2.05, 4.69) is 20.2 Å². The van der Waals surface area contributed by atoms with Crippen LogP contribution in [0.2, 0.25) is 0 Å². The smallest absolute Gasteiger partial charge is 0.407 e. The molecule has 2 aromatic rings. The van der Waals surface area contributed by atoms with Crippen LogP contribution in [0.15, 0.2) is 30.7 Å². The van der Waals surface area contributed by atoms with E-state index in [0.29, 0.717) is 37.7 Å². The Morgan fingerprint density at radius 2 is 2.03 bits per heavy atom. The van der Waals surface area contributed by atoms with Crippen LogP contribution in [0.1, 0.15) is 58.3 Å². The van der Waals surface area contributed by atoms with Crippen molar-refractivity contribution in [3.05, 3.63) is 42.1 Å². The van der Waals surface area contributed by atoms with Gasteiger partial charge >= 0.3 is 6.09 Å². The van der Waals surface area contributed by atoms with Crippen molar-refractivity contribution in [1.82, 2.24) is 20.2 Å². The molecule has 0 spiro atoms. The summed E-state index contributed by atoms with van der Waals surface area (Å²) >= 11 is 0. The van der Waals surface area contributed by atoms with Gasteiger partial charge in [-0.25, -0.2) is 19.2 Å². The van der Waals surface area contributed by atoms with E-state index in [1.807, 2.05) is 41.5 Å². The van der Waals surface area contributed by atoms with E-state index in [4.69, 9.17) is 9.47 Å². The van der Waals surface area contributed by atoms with Crippen LogP contribution in [0.25, 0.3) is 0 Å². The molecular weight excluding hydrogens is 465 g/mol. The Morgan fingerprint density at radius 1 is 1.28 bits per heavy atom. The van der Waals surface area contributed by atoms with Crippen molar-refractivity contribution >= 4 is 17.8 Å². The lowest BCUT2D eigenvalue weighted by Gasteiger charge is -2.26. The molecule has 1 aliphatic heterocycles. The van der Waals surface area contributed by atoms with Crippen LogP contribution in [0.5, 0.6) is 11.5 Å². The van der Waals surface area contributed by atoms with E-state index in [1.54, 1.807) is 4.90 Å². The first-order valence-electron chi connectivity index (χ1n) is 12.3. The summed E-state index contributed by atoms with van der Waals surface area (Å²) in [5.41, 5.74) is -0.413. The molecule has 1 atom stereocenters. The first kappa shape index (κ1) is 27.2. The number of hydrogen-bond donors (Lipinski definition) is 1. The first-order valence-corrected chi connectivity index (χ1v) is 12.3. The highest BCUT2D eigenvalue weighted by molar-refractivity contribution is 5.97. The summed E-state index contributed by atoms with van der Waals surface area (Å²) in [6, 6.07) is 3.85. The van der Waals surface area contributed by atoms with Gasteiger partial charge in [0.05, 0.1) is 11.8 Å². The van der Waals surface area contributed by atoms with E-state index in [-0.39, 0.29) is 29.2 Å². The minimum Gasteiger partial charge on any atom is -0.451 e. The van der Waals surface area contributed by atoms with Crippen molar-refractivity contribution in [3.8, 4) is 11.5 Å². The number of nitrogens with one attached hydrogen (secondary N) is 1.